The molecule has 0 heterocycles. The largest absolute Gasteiger partial charge is 0.353 e. The van der Waals surface area contributed by atoms with Gasteiger partial charge in [-0.15, -0.1) is 0 Å². The van der Waals surface area contributed by atoms with E-state index in [1.165, 1.54) is 6.92 Å². The van der Waals surface area contributed by atoms with E-state index in [9.17, 15) is 10.0 Å². The molecule has 2 N–H and O–H groups in total. The zero-order valence-electron chi connectivity index (χ0n) is 12.2. The lowest BCUT2D eigenvalue weighted by molar-refractivity contribution is -0.165. The summed E-state index contributed by atoms with van der Waals surface area (Å²) in [6.07, 6.45) is 0. The zero-order chi connectivity index (χ0) is 16.3. The Morgan fingerprint density at radius 1 is 1.23 bits per heavy atom. The molecule has 0 spiro atoms. The normalized spacial score (nSPS) is 10.4. The van der Waals surface area contributed by atoms with Gasteiger partial charge >= 0.3 is 0 Å². The van der Waals surface area contributed by atoms with Crippen LogP contribution in [0.4, 0.5) is 11.4 Å². The number of rotatable bonds is 4. The number of amides is 1. The fourth-order valence-corrected chi connectivity index (χ4v) is 2.42. The van der Waals surface area contributed by atoms with Gasteiger partial charge in [0.15, 0.2) is 0 Å². The summed E-state index contributed by atoms with van der Waals surface area (Å²) >= 11 is 12.5. The number of carbonyl (C=O) groups excluding carboxylic acids is 1. The molecule has 1 amide bonds. The molecule has 0 aromatic heterocycles. The maximum Gasteiger partial charge on any atom is 0.243 e. The summed E-state index contributed by atoms with van der Waals surface area (Å²) in [6.45, 7) is 3.25. The first-order chi connectivity index (χ1) is 10.4. The third kappa shape index (κ3) is 3.71. The van der Waals surface area contributed by atoms with Gasteiger partial charge in [0.25, 0.3) is 0 Å². The van der Waals surface area contributed by atoms with Crippen molar-refractivity contribution < 1.29 is 10.0 Å². The van der Waals surface area contributed by atoms with Crippen LogP contribution in [0.25, 0.3) is 0 Å². The smallest absolute Gasteiger partial charge is 0.243 e. The van der Waals surface area contributed by atoms with Crippen molar-refractivity contribution in [3.63, 3.8) is 0 Å². The summed E-state index contributed by atoms with van der Waals surface area (Å²) in [4.78, 5) is 11.2. The minimum Gasteiger partial charge on any atom is -0.353 e. The predicted molar refractivity (Wildman–Crippen MR) is 88.9 cm³/mol. The maximum atomic E-state index is 11.2. The van der Waals surface area contributed by atoms with Crippen molar-refractivity contribution >= 4 is 40.5 Å². The first-order valence-electron chi connectivity index (χ1n) is 6.66. The maximum absolute atomic E-state index is 11.2. The zero-order valence-corrected chi connectivity index (χ0v) is 13.7. The first kappa shape index (κ1) is 16.6. The number of hydroxylamine groups is 2. The highest BCUT2D eigenvalue weighted by atomic mass is 35.5. The van der Waals surface area contributed by atoms with Gasteiger partial charge in [-0.2, -0.15) is 0 Å². The Bertz CT molecular complexity index is 705. The van der Waals surface area contributed by atoms with Gasteiger partial charge in [0, 0.05) is 12.6 Å². The molecule has 6 heteroatoms. The van der Waals surface area contributed by atoms with Gasteiger partial charge in [-0.3, -0.25) is 10.0 Å². The second-order valence-electron chi connectivity index (χ2n) is 4.91. The average Bonchev–Trinajstić information content (AvgIpc) is 2.49. The molecule has 0 fully saturated rings. The number of para-hydroxylation sites is 1. The number of aryl methyl sites for hydroxylation is 1. The Balaban J connectivity index is 2.35. The fourth-order valence-electron chi connectivity index (χ4n) is 1.96. The molecule has 116 valence electrons. The van der Waals surface area contributed by atoms with Crippen LogP contribution in [0.3, 0.4) is 0 Å². The van der Waals surface area contributed by atoms with Crippen molar-refractivity contribution in [1.82, 2.24) is 5.06 Å². The Labute approximate surface area is 139 Å². The van der Waals surface area contributed by atoms with Gasteiger partial charge in [-0.1, -0.05) is 47.5 Å². The molecule has 0 saturated heterocycles. The summed E-state index contributed by atoms with van der Waals surface area (Å²) in [6, 6.07) is 10.9. The van der Waals surface area contributed by atoms with Gasteiger partial charge in [-0.25, -0.2) is 5.06 Å². The molecule has 2 aromatic carbocycles. The standard InChI is InChI=1S/C16H16Cl2N2O2/c1-10-7-8-13(17)16(15(10)18)19-14-6-4-3-5-12(14)9-20(22)11(2)21/h3-8,19,22H,9H2,1-2H3. The number of benzene rings is 2. The van der Waals surface area contributed by atoms with Crippen molar-refractivity contribution in [3.05, 3.63) is 57.6 Å². The molecule has 0 aliphatic carbocycles. The van der Waals surface area contributed by atoms with Crippen LogP contribution < -0.4 is 5.32 Å². The number of anilines is 2. The number of nitrogens with one attached hydrogen (secondary N) is 1. The van der Waals surface area contributed by atoms with Crippen LogP contribution >= 0.6 is 23.2 Å². The van der Waals surface area contributed by atoms with E-state index in [2.05, 4.69) is 5.32 Å². The van der Waals surface area contributed by atoms with Gasteiger partial charge in [0.05, 0.1) is 22.3 Å². The Morgan fingerprint density at radius 3 is 2.59 bits per heavy atom. The number of halogens is 2. The lowest BCUT2D eigenvalue weighted by Gasteiger charge is -2.18. The lowest BCUT2D eigenvalue weighted by atomic mass is 10.1. The van der Waals surface area contributed by atoms with Crippen LogP contribution in [0.2, 0.25) is 10.0 Å². The highest BCUT2D eigenvalue weighted by Crippen LogP contribution is 2.36. The first-order valence-corrected chi connectivity index (χ1v) is 7.42. The van der Waals surface area contributed by atoms with Crippen LogP contribution in [0, 0.1) is 6.92 Å². The molecule has 0 aliphatic rings. The summed E-state index contributed by atoms with van der Waals surface area (Å²) in [5.74, 6) is -0.429. The molecule has 0 atom stereocenters. The molecule has 4 nitrogen and oxygen atoms in total. The molecule has 22 heavy (non-hydrogen) atoms. The summed E-state index contributed by atoms with van der Waals surface area (Å²) in [5, 5.41) is 14.5. The van der Waals surface area contributed by atoms with E-state index < -0.39 is 5.91 Å². The minimum absolute atomic E-state index is 0.0690. The summed E-state index contributed by atoms with van der Waals surface area (Å²) in [5.41, 5.74) is 2.97. The molecule has 0 aliphatic heterocycles. The molecule has 0 saturated carbocycles. The highest BCUT2D eigenvalue weighted by Gasteiger charge is 2.13. The Hall–Kier alpha value is -1.75. The highest BCUT2D eigenvalue weighted by molar-refractivity contribution is 6.39. The molecule has 0 radical (unpaired) electrons. The SMILES string of the molecule is CC(=O)N(O)Cc1ccccc1Nc1c(Cl)ccc(C)c1Cl. The van der Waals surface area contributed by atoms with Crippen molar-refractivity contribution in [3.8, 4) is 0 Å². The van der Waals surface area contributed by atoms with E-state index >= 15 is 0 Å². The predicted octanol–water partition coefficient (Wildman–Crippen LogP) is 4.78. The third-order valence-corrected chi connectivity index (χ3v) is 4.05. The molecule has 2 rings (SSSR count). The minimum atomic E-state index is -0.429. The number of hydrogen-bond acceptors (Lipinski definition) is 3. The van der Waals surface area contributed by atoms with Crippen molar-refractivity contribution in [2.75, 3.05) is 5.32 Å². The van der Waals surface area contributed by atoms with Crippen molar-refractivity contribution in [1.29, 1.82) is 0 Å². The van der Waals surface area contributed by atoms with E-state index in [0.717, 1.165) is 16.8 Å². The van der Waals surface area contributed by atoms with E-state index in [-0.39, 0.29) is 6.54 Å². The Kier molecular flexibility index (Phi) is 5.29. The summed E-state index contributed by atoms with van der Waals surface area (Å²) < 4.78 is 0. The second-order valence-corrected chi connectivity index (χ2v) is 5.70. The van der Waals surface area contributed by atoms with E-state index in [4.69, 9.17) is 23.2 Å². The molecule has 0 unspecified atom stereocenters. The monoisotopic (exact) mass is 338 g/mol. The van der Waals surface area contributed by atoms with Crippen LogP contribution in [0.1, 0.15) is 18.1 Å². The topological polar surface area (TPSA) is 52.6 Å². The Morgan fingerprint density at radius 2 is 1.91 bits per heavy atom. The van der Waals surface area contributed by atoms with Gasteiger partial charge in [0.2, 0.25) is 5.91 Å². The molecule has 0 bridgehead atoms. The third-order valence-electron chi connectivity index (χ3n) is 3.24. The average molecular weight is 339 g/mol. The molecular formula is C16H16Cl2N2O2. The number of nitrogens with zero attached hydrogens (tertiary/aromatic N) is 1. The van der Waals surface area contributed by atoms with Gasteiger partial charge in [0.1, 0.15) is 0 Å². The molecule has 2 aromatic rings. The van der Waals surface area contributed by atoms with E-state index in [1.54, 1.807) is 6.07 Å². The molecular weight excluding hydrogens is 323 g/mol. The summed E-state index contributed by atoms with van der Waals surface area (Å²) in [7, 11) is 0. The van der Waals surface area contributed by atoms with E-state index in [0.29, 0.717) is 20.8 Å². The van der Waals surface area contributed by atoms with Gasteiger partial charge in [-0.05, 0) is 30.2 Å². The lowest BCUT2D eigenvalue weighted by Crippen LogP contribution is -2.24. The van der Waals surface area contributed by atoms with Gasteiger partial charge < -0.3 is 5.32 Å². The van der Waals surface area contributed by atoms with Crippen LogP contribution in [-0.2, 0) is 11.3 Å². The second kappa shape index (κ2) is 7.01. The van der Waals surface area contributed by atoms with Crippen LogP contribution in [-0.4, -0.2) is 16.2 Å². The van der Waals surface area contributed by atoms with Crippen LogP contribution in [0.15, 0.2) is 36.4 Å². The number of hydrogen-bond donors (Lipinski definition) is 2. The van der Waals surface area contributed by atoms with Crippen molar-refractivity contribution in [2.45, 2.75) is 20.4 Å². The fraction of sp³-hybridized carbons (Fsp3) is 0.188. The van der Waals surface area contributed by atoms with E-state index in [1.807, 2.05) is 37.3 Å². The van der Waals surface area contributed by atoms with Crippen molar-refractivity contribution in [2.24, 2.45) is 0 Å². The number of carbonyl (C=O) groups is 1. The van der Waals surface area contributed by atoms with Crippen LogP contribution in [0.5, 0.6) is 0 Å². The quantitative estimate of drug-likeness (QED) is 0.622.